The first-order valence-electron chi connectivity index (χ1n) is 6.35. The van der Waals surface area contributed by atoms with Gasteiger partial charge in [0.25, 0.3) is 0 Å². The Bertz CT molecular complexity index is 458. The number of benzene rings is 1. The van der Waals surface area contributed by atoms with Crippen LogP contribution in [0, 0.1) is 5.41 Å². The number of nitrogen functional groups attached to an aromatic ring is 1. The summed E-state index contributed by atoms with van der Waals surface area (Å²) in [6, 6.07) is 7.48. The van der Waals surface area contributed by atoms with Gasteiger partial charge in [-0.05, 0) is 44.4 Å². The first-order valence-corrected chi connectivity index (χ1v) is 6.35. The van der Waals surface area contributed by atoms with Crippen LogP contribution in [0.4, 0.5) is 5.69 Å². The summed E-state index contributed by atoms with van der Waals surface area (Å²) in [6.45, 7) is 7.36. The molecular weight excluding hydrogens is 240 g/mol. The summed E-state index contributed by atoms with van der Waals surface area (Å²) in [6.07, 6.45) is 0.360. The van der Waals surface area contributed by atoms with E-state index in [2.05, 4.69) is 0 Å². The summed E-state index contributed by atoms with van der Waals surface area (Å²) in [7, 11) is 0. The minimum absolute atomic E-state index is 0.000694. The highest BCUT2D eigenvalue weighted by Gasteiger charge is 2.21. The molecule has 1 aromatic rings. The lowest BCUT2D eigenvalue weighted by Gasteiger charge is -2.20. The lowest BCUT2D eigenvalue weighted by atomic mass is 9.95. The fourth-order valence-corrected chi connectivity index (χ4v) is 1.67. The molecule has 19 heavy (non-hydrogen) atoms. The predicted molar refractivity (Wildman–Crippen MR) is 77.5 cm³/mol. The monoisotopic (exact) mass is 262 g/mol. The largest absolute Gasteiger partial charge is 0.456 e. The zero-order chi connectivity index (χ0) is 14.6. The van der Waals surface area contributed by atoms with Gasteiger partial charge in [-0.15, -0.1) is 0 Å². The van der Waals surface area contributed by atoms with Crippen molar-refractivity contribution in [2.75, 3.05) is 5.73 Å². The molecule has 0 saturated carbocycles. The number of nitrogens with two attached hydrogens (primary N) is 1. The molecule has 1 atom stereocenters. The van der Waals surface area contributed by atoms with Crippen LogP contribution in [-0.2, 0) is 9.53 Å². The maximum atomic E-state index is 11.7. The Morgan fingerprint density at radius 2 is 1.84 bits per heavy atom. The molecule has 104 valence electrons. The highest BCUT2D eigenvalue weighted by molar-refractivity contribution is 6.35. The standard InChI is InChI=1S/C15H22N2O2/c1-10(11-5-7-12(16)8-6-11)9-13(17)14(18)19-15(2,3)4/h5-8,10,17H,9,16H2,1-4H3. The van der Waals surface area contributed by atoms with Crippen LogP contribution in [0.1, 0.15) is 45.6 Å². The van der Waals surface area contributed by atoms with Crippen molar-refractivity contribution in [3.05, 3.63) is 29.8 Å². The lowest BCUT2D eigenvalue weighted by molar-refractivity contribution is -0.146. The van der Waals surface area contributed by atoms with E-state index in [9.17, 15) is 4.79 Å². The van der Waals surface area contributed by atoms with Crippen molar-refractivity contribution in [3.63, 3.8) is 0 Å². The van der Waals surface area contributed by atoms with E-state index in [1.165, 1.54) is 0 Å². The van der Waals surface area contributed by atoms with E-state index in [1.807, 2.05) is 31.2 Å². The van der Waals surface area contributed by atoms with Crippen molar-refractivity contribution in [2.45, 2.75) is 45.6 Å². The summed E-state index contributed by atoms with van der Waals surface area (Å²) >= 11 is 0. The van der Waals surface area contributed by atoms with E-state index in [1.54, 1.807) is 20.8 Å². The van der Waals surface area contributed by atoms with Crippen LogP contribution >= 0.6 is 0 Å². The predicted octanol–water partition coefficient (Wildman–Crippen LogP) is 3.12. The Labute approximate surface area is 114 Å². The zero-order valence-electron chi connectivity index (χ0n) is 12.0. The summed E-state index contributed by atoms with van der Waals surface area (Å²) in [4.78, 5) is 11.7. The van der Waals surface area contributed by atoms with Crippen molar-refractivity contribution in [2.24, 2.45) is 0 Å². The van der Waals surface area contributed by atoms with Crippen LogP contribution < -0.4 is 5.73 Å². The second-order valence-corrected chi connectivity index (χ2v) is 5.75. The molecule has 0 aliphatic rings. The summed E-state index contributed by atoms with van der Waals surface area (Å²) in [5.74, 6) is -0.463. The molecule has 4 nitrogen and oxygen atoms in total. The third-order valence-corrected chi connectivity index (χ3v) is 2.66. The van der Waals surface area contributed by atoms with E-state index in [4.69, 9.17) is 15.9 Å². The smallest absolute Gasteiger partial charge is 0.352 e. The van der Waals surface area contributed by atoms with E-state index < -0.39 is 11.6 Å². The first-order chi connectivity index (χ1) is 8.69. The van der Waals surface area contributed by atoms with Gasteiger partial charge in [-0.25, -0.2) is 4.79 Å². The third kappa shape index (κ3) is 5.12. The highest BCUT2D eigenvalue weighted by atomic mass is 16.6. The van der Waals surface area contributed by atoms with Crippen LogP contribution in [0.25, 0.3) is 0 Å². The van der Waals surface area contributed by atoms with Gasteiger partial charge in [0.2, 0.25) is 0 Å². The Kier molecular flexibility index (Phi) is 4.70. The second kappa shape index (κ2) is 5.87. The number of carbonyl (C=O) groups excluding carboxylic acids is 1. The molecule has 0 amide bonds. The lowest BCUT2D eigenvalue weighted by Crippen LogP contribution is -2.29. The number of anilines is 1. The van der Waals surface area contributed by atoms with E-state index in [0.29, 0.717) is 12.1 Å². The Hall–Kier alpha value is -1.84. The fourth-order valence-electron chi connectivity index (χ4n) is 1.67. The Morgan fingerprint density at radius 3 is 2.32 bits per heavy atom. The van der Waals surface area contributed by atoms with Gasteiger partial charge in [0.1, 0.15) is 11.3 Å². The van der Waals surface area contributed by atoms with Gasteiger partial charge in [-0.3, -0.25) is 5.41 Å². The van der Waals surface area contributed by atoms with Gasteiger partial charge >= 0.3 is 5.97 Å². The molecular formula is C15H22N2O2. The van der Waals surface area contributed by atoms with Crippen molar-refractivity contribution < 1.29 is 9.53 Å². The molecule has 4 heteroatoms. The maximum Gasteiger partial charge on any atom is 0.352 e. The zero-order valence-corrected chi connectivity index (χ0v) is 12.0. The first kappa shape index (κ1) is 15.2. The Morgan fingerprint density at radius 1 is 1.32 bits per heavy atom. The number of esters is 1. The molecule has 0 aliphatic carbocycles. The maximum absolute atomic E-state index is 11.7. The van der Waals surface area contributed by atoms with Gasteiger partial charge in [-0.2, -0.15) is 0 Å². The average Bonchev–Trinajstić information content (AvgIpc) is 2.27. The van der Waals surface area contributed by atoms with Gasteiger partial charge in [0.05, 0.1) is 0 Å². The minimum Gasteiger partial charge on any atom is -0.456 e. The van der Waals surface area contributed by atoms with Crippen molar-refractivity contribution >= 4 is 17.4 Å². The van der Waals surface area contributed by atoms with Crippen molar-refractivity contribution in [3.8, 4) is 0 Å². The topological polar surface area (TPSA) is 76.2 Å². The molecule has 0 fully saturated rings. The van der Waals surface area contributed by atoms with E-state index in [0.717, 1.165) is 5.56 Å². The molecule has 0 aromatic heterocycles. The number of hydrogen-bond donors (Lipinski definition) is 2. The van der Waals surface area contributed by atoms with Gasteiger partial charge < -0.3 is 10.5 Å². The molecule has 0 heterocycles. The van der Waals surface area contributed by atoms with Crippen LogP contribution in [0.5, 0.6) is 0 Å². The molecule has 0 bridgehead atoms. The van der Waals surface area contributed by atoms with Crippen LogP contribution in [0.3, 0.4) is 0 Å². The number of nitrogens with one attached hydrogen (secondary N) is 1. The minimum atomic E-state index is -0.562. The van der Waals surface area contributed by atoms with Gasteiger partial charge in [-0.1, -0.05) is 19.1 Å². The summed E-state index contributed by atoms with van der Waals surface area (Å²) in [5, 5.41) is 7.80. The summed E-state index contributed by atoms with van der Waals surface area (Å²) < 4.78 is 5.17. The SMILES string of the molecule is CC(CC(=N)C(=O)OC(C)(C)C)c1ccc(N)cc1. The van der Waals surface area contributed by atoms with E-state index in [-0.39, 0.29) is 11.6 Å². The van der Waals surface area contributed by atoms with Crippen LogP contribution in [-0.4, -0.2) is 17.3 Å². The molecule has 0 radical (unpaired) electrons. The highest BCUT2D eigenvalue weighted by Crippen LogP contribution is 2.21. The molecule has 1 unspecified atom stereocenters. The van der Waals surface area contributed by atoms with E-state index >= 15 is 0 Å². The molecule has 0 aliphatic heterocycles. The van der Waals surface area contributed by atoms with Crippen LogP contribution in [0.2, 0.25) is 0 Å². The molecule has 1 rings (SSSR count). The third-order valence-electron chi connectivity index (χ3n) is 2.66. The number of hydrogen-bond acceptors (Lipinski definition) is 4. The average molecular weight is 262 g/mol. The van der Waals surface area contributed by atoms with Gasteiger partial charge in [0, 0.05) is 12.1 Å². The molecule has 3 N–H and O–H groups in total. The molecule has 1 aromatic carbocycles. The normalized spacial score (nSPS) is 12.8. The Balaban J connectivity index is 2.61. The van der Waals surface area contributed by atoms with Crippen molar-refractivity contribution in [1.29, 1.82) is 5.41 Å². The number of carbonyl (C=O) groups is 1. The van der Waals surface area contributed by atoms with Crippen molar-refractivity contribution in [1.82, 2.24) is 0 Å². The van der Waals surface area contributed by atoms with Gasteiger partial charge in [0.15, 0.2) is 0 Å². The second-order valence-electron chi connectivity index (χ2n) is 5.75. The number of ether oxygens (including phenoxy) is 1. The molecule has 0 saturated heterocycles. The van der Waals surface area contributed by atoms with Crippen LogP contribution in [0.15, 0.2) is 24.3 Å². The quantitative estimate of drug-likeness (QED) is 0.497. The summed E-state index contributed by atoms with van der Waals surface area (Å²) in [5.41, 5.74) is 6.83. The molecule has 0 spiro atoms. The number of rotatable bonds is 4. The fraction of sp³-hybridized carbons (Fsp3) is 0.467.